The smallest absolute Gasteiger partial charge is 0.0276 e. The van der Waals surface area contributed by atoms with Crippen LogP contribution in [0.15, 0.2) is 0 Å². The number of piperazine rings is 1. The third kappa shape index (κ3) is 7.62. The zero-order chi connectivity index (χ0) is 15.6. The van der Waals surface area contributed by atoms with Gasteiger partial charge in [0.1, 0.15) is 0 Å². The zero-order valence-corrected chi connectivity index (χ0v) is 14.9. The van der Waals surface area contributed by atoms with Gasteiger partial charge in [-0.25, -0.2) is 0 Å². The van der Waals surface area contributed by atoms with Gasteiger partial charge in [-0.05, 0) is 26.8 Å². The lowest BCUT2D eigenvalue weighted by molar-refractivity contribution is 0.0562. The van der Waals surface area contributed by atoms with Gasteiger partial charge in [-0.2, -0.15) is 0 Å². The maximum Gasteiger partial charge on any atom is 0.0276 e. The summed E-state index contributed by atoms with van der Waals surface area (Å²) in [7, 11) is 0. The summed E-state index contributed by atoms with van der Waals surface area (Å²) in [6, 6.07) is 0. The molecule has 1 fully saturated rings. The highest BCUT2D eigenvalue weighted by Gasteiger charge is 2.28. The molecule has 1 saturated heterocycles. The van der Waals surface area contributed by atoms with Crippen LogP contribution in [0.2, 0.25) is 0 Å². The Morgan fingerprint density at radius 2 is 1.33 bits per heavy atom. The van der Waals surface area contributed by atoms with Crippen molar-refractivity contribution in [1.82, 2.24) is 9.80 Å². The normalized spacial score (nSPS) is 18.3. The van der Waals surface area contributed by atoms with Gasteiger partial charge in [0, 0.05) is 38.3 Å². The van der Waals surface area contributed by atoms with Gasteiger partial charge >= 0.3 is 0 Å². The number of nitrogens with two attached hydrogens (primary N) is 1. The maximum atomic E-state index is 5.87. The highest BCUT2D eigenvalue weighted by molar-refractivity contribution is 4.86. The number of unbranched alkanes of at least 4 members (excludes halogenated alkanes) is 7. The Morgan fingerprint density at radius 3 is 1.86 bits per heavy atom. The van der Waals surface area contributed by atoms with Gasteiger partial charge in [0.25, 0.3) is 0 Å². The van der Waals surface area contributed by atoms with Crippen LogP contribution in [0.5, 0.6) is 0 Å². The highest BCUT2D eigenvalue weighted by atomic mass is 15.3. The van der Waals surface area contributed by atoms with E-state index in [-0.39, 0.29) is 5.54 Å². The van der Waals surface area contributed by atoms with E-state index in [1.165, 1.54) is 84.1 Å². The molecule has 3 nitrogen and oxygen atoms in total. The second-order valence-corrected chi connectivity index (χ2v) is 7.32. The first-order valence-corrected chi connectivity index (χ1v) is 9.27. The average molecular weight is 298 g/mol. The van der Waals surface area contributed by atoms with Crippen LogP contribution in [0.1, 0.15) is 72.1 Å². The van der Waals surface area contributed by atoms with Crippen LogP contribution in [-0.4, -0.2) is 54.6 Å². The van der Waals surface area contributed by atoms with E-state index in [0.717, 1.165) is 6.54 Å². The Hall–Kier alpha value is -0.120. The molecule has 0 saturated carbocycles. The van der Waals surface area contributed by atoms with Crippen molar-refractivity contribution in [1.29, 1.82) is 0 Å². The van der Waals surface area contributed by atoms with Gasteiger partial charge in [0.15, 0.2) is 0 Å². The predicted octanol–water partition coefficient (Wildman–Crippen LogP) is 3.48. The zero-order valence-electron chi connectivity index (χ0n) is 14.9. The van der Waals surface area contributed by atoms with Crippen molar-refractivity contribution in [2.75, 3.05) is 39.3 Å². The minimum Gasteiger partial charge on any atom is -0.329 e. The van der Waals surface area contributed by atoms with E-state index in [0.29, 0.717) is 0 Å². The maximum absolute atomic E-state index is 5.87. The van der Waals surface area contributed by atoms with Crippen LogP contribution in [0.3, 0.4) is 0 Å². The van der Waals surface area contributed by atoms with Gasteiger partial charge in [-0.1, -0.05) is 51.9 Å². The molecule has 0 amide bonds. The number of rotatable bonds is 11. The molecular formula is C18H39N3. The lowest BCUT2D eigenvalue weighted by atomic mass is 10.0. The first-order valence-electron chi connectivity index (χ1n) is 9.27. The minimum atomic E-state index is 0.171. The summed E-state index contributed by atoms with van der Waals surface area (Å²) < 4.78 is 0. The van der Waals surface area contributed by atoms with E-state index in [2.05, 4.69) is 30.6 Å². The second kappa shape index (κ2) is 10.6. The molecule has 0 aromatic rings. The Morgan fingerprint density at radius 1 is 0.810 bits per heavy atom. The Labute approximate surface area is 133 Å². The van der Waals surface area contributed by atoms with Crippen LogP contribution >= 0.6 is 0 Å². The van der Waals surface area contributed by atoms with Crippen LogP contribution < -0.4 is 5.73 Å². The Balaban J connectivity index is 1.98. The molecule has 1 heterocycles. The Kier molecular flexibility index (Phi) is 9.54. The van der Waals surface area contributed by atoms with Crippen molar-refractivity contribution in [3.05, 3.63) is 0 Å². The average Bonchev–Trinajstić information content (AvgIpc) is 2.50. The number of hydrogen-bond donors (Lipinski definition) is 1. The summed E-state index contributed by atoms with van der Waals surface area (Å²) in [6.45, 7) is 13.7. The van der Waals surface area contributed by atoms with Crippen molar-refractivity contribution >= 4 is 0 Å². The lowest BCUT2D eigenvalue weighted by Gasteiger charge is -2.43. The molecule has 0 aromatic carbocycles. The molecule has 0 atom stereocenters. The summed E-state index contributed by atoms with van der Waals surface area (Å²) in [6.07, 6.45) is 11.3. The molecule has 0 radical (unpaired) electrons. The fraction of sp³-hybridized carbons (Fsp3) is 1.00. The van der Waals surface area contributed by atoms with Gasteiger partial charge in [0.05, 0.1) is 0 Å². The summed E-state index contributed by atoms with van der Waals surface area (Å²) in [5, 5.41) is 0. The summed E-state index contributed by atoms with van der Waals surface area (Å²) in [4.78, 5) is 5.19. The molecule has 0 unspecified atom stereocenters. The third-order valence-corrected chi connectivity index (χ3v) is 5.06. The van der Waals surface area contributed by atoms with Crippen LogP contribution in [0.4, 0.5) is 0 Å². The SMILES string of the molecule is CCCCCCCCCCN1CCN(C(C)(C)CN)CC1. The molecule has 1 rings (SSSR count). The molecule has 126 valence electrons. The standard InChI is InChI=1S/C18H39N3/c1-4-5-6-7-8-9-10-11-12-20-13-15-21(16-14-20)18(2,3)17-19/h4-17,19H2,1-3H3. The quantitative estimate of drug-likeness (QED) is 0.593. The van der Waals surface area contributed by atoms with Crippen LogP contribution in [0, 0.1) is 0 Å². The summed E-state index contributed by atoms with van der Waals surface area (Å²) in [5.74, 6) is 0. The minimum absolute atomic E-state index is 0.171. The van der Waals surface area contributed by atoms with Gasteiger partial charge in [-0.15, -0.1) is 0 Å². The topological polar surface area (TPSA) is 32.5 Å². The fourth-order valence-corrected chi connectivity index (χ4v) is 3.18. The van der Waals surface area contributed by atoms with Gasteiger partial charge in [0.2, 0.25) is 0 Å². The lowest BCUT2D eigenvalue weighted by Crippen LogP contribution is -2.57. The molecule has 0 bridgehead atoms. The van der Waals surface area contributed by atoms with E-state index >= 15 is 0 Å². The third-order valence-electron chi connectivity index (χ3n) is 5.06. The molecule has 3 heteroatoms. The van der Waals surface area contributed by atoms with E-state index in [9.17, 15) is 0 Å². The van der Waals surface area contributed by atoms with Crippen molar-refractivity contribution in [3.8, 4) is 0 Å². The van der Waals surface area contributed by atoms with E-state index in [1.807, 2.05) is 0 Å². The molecule has 0 aromatic heterocycles. The summed E-state index contributed by atoms with van der Waals surface area (Å²) >= 11 is 0. The highest BCUT2D eigenvalue weighted by Crippen LogP contribution is 2.16. The number of nitrogens with zero attached hydrogens (tertiary/aromatic N) is 2. The molecular weight excluding hydrogens is 258 g/mol. The number of hydrogen-bond acceptors (Lipinski definition) is 3. The molecule has 21 heavy (non-hydrogen) atoms. The van der Waals surface area contributed by atoms with Crippen molar-refractivity contribution < 1.29 is 0 Å². The predicted molar refractivity (Wildman–Crippen MR) is 93.8 cm³/mol. The second-order valence-electron chi connectivity index (χ2n) is 7.32. The van der Waals surface area contributed by atoms with Crippen LogP contribution in [-0.2, 0) is 0 Å². The van der Waals surface area contributed by atoms with Crippen molar-refractivity contribution in [3.63, 3.8) is 0 Å². The van der Waals surface area contributed by atoms with Crippen LogP contribution in [0.25, 0.3) is 0 Å². The Bertz CT molecular complexity index is 245. The van der Waals surface area contributed by atoms with E-state index < -0.39 is 0 Å². The molecule has 2 N–H and O–H groups in total. The molecule has 1 aliphatic heterocycles. The molecule has 0 spiro atoms. The monoisotopic (exact) mass is 297 g/mol. The van der Waals surface area contributed by atoms with E-state index in [4.69, 9.17) is 5.73 Å². The molecule has 0 aliphatic carbocycles. The van der Waals surface area contributed by atoms with Gasteiger partial charge in [-0.3, -0.25) is 4.90 Å². The summed E-state index contributed by atoms with van der Waals surface area (Å²) in [5.41, 5.74) is 6.04. The largest absolute Gasteiger partial charge is 0.329 e. The van der Waals surface area contributed by atoms with Crippen molar-refractivity contribution in [2.24, 2.45) is 5.73 Å². The van der Waals surface area contributed by atoms with Gasteiger partial charge < -0.3 is 10.6 Å². The first-order chi connectivity index (χ1) is 10.1. The fourth-order valence-electron chi connectivity index (χ4n) is 3.18. The van der Waals surface area contributed by atoms with E-state index in [1.54, 1.807) is 0 Å². The first kappa shape index (κ1) is 18.9. The molecule has 1 aliphatic rings. The van der Waals surface area contributed by atoms with Crippen molar-refractivity contribution in [2.45, 2.75) is 77.7 Å².